The van der Waals surface area contributed by atoms with Gasteiger partial charge in [-0.05, 0) is 43.1 Å². The quantitative estimate of drug-likeness (QED) is 0.818. The summed E-state index contributed by atoms with van der Waals surface area (Å²) in [6.45, 7) is 4.69. The average Bonchev–Trinajstić information content (AvgIpc) is 2.44. The fourth-order valence-corrected chi connectivity index (χ4v) is 2.40. The van der Waals surface area contributed by atoms with Crippen LogP contribution in [0.1, 0.15) is 36.1 Å². The predicted octanol–water partition coefficient (Wildman–Crippen LogP) is 5.02. The molecule has 2 aromatic rings. The summed E-state index contributed by atoms with van der Waals surface area (Å²) in [4.78, 5) is 0. The van der Waals surface area contributed by atoms with Gasteiger partial charge in [-0.2, -0.15) is 0 Å². The molecule has 0 saturated heterocycles. The van der Waals surface area contributed by atoms with E-state index >= 15 is 0 Å². The van der Waals surface area contributed by atoms with Crippen LogP contribution in [0.15, 0.2) is 36.4 Å². The number of halogens is 3. The van der Waals surface area contributed by atoms with E-state index in [1.807, 2.05) is 26.0 Å². The molecule has 112 valence electrons. The van der Waals surface area contributed by atoms with Crippen molar-refractivity contribution in [1.82, 2.24) is 5.32 Å². The predicted molar refractivity (Wildman–Crippen MR) is 82.7 cm³/mol. The number of nitrogens with one attached hydrogen (secondary N) is 1. The van der Waals surface area contributed by atoms with Crippen LogP contribution in [0, 0.1) is 18.6 Å². The third kappa shape index (κ3) is 3.80. The summed E-state index contributed by atoms with van der Waals surface area (Å²) >= 11 is 6.04. The number of hydrogen-bond donors (Lipinski definition) is 1. The van der Waals surface area contributed by atoms with Crippen molar-refractivity contribution in [2.75, 3.05) is 6.54 Å². The second-order valence-electron chi connectivity index (χ2n) is 5.06. The number of rotatable bonds is 5. The fraction of sp³-hybridized carbons (Fsp3) is 0.294. The first-order valence-electron chi connectivity index (χ1n) is 6.97. The minimum Gasteiger partial charge on any atom is -0.306 e. The molecule has 0 spiro atoms. The van der Waals surface area contributed by atoms with E-state index in [-0.39, 0.29) is 6.04 Å². The highest BCUT2D eigenvalue weighted by Gasteiger charge is 2.18. The summed E-state index contributed by atoms with van der Waals surface area (Å²) < 4.78 is 27.2. The molecule has 0 aliphatic heterocycles. The molecule has 0 aliphatic carbocycles. The van der Waals surface area contributed by atoms with Gasteiger partial charge in [-0.3, -0.25) is 0 Å². The van der Waals surface area contributed by atoms with Gasteiger partial charge in [-0.15, -0.1) is 0 Å². The van der Waals surface area contributed by atoms with Crippen molar-refractivity contribution in [3.05, 3.63) is 69.7 Å². The zero-order valence-electron chi connectivity index (χ0n) is 12.1. The lowest BCUT2D eigenvalue weighted by Crippen LogP contribution is -2.24. The Kier molecular flexibility index (Phi) is 5.32. The van der Waals surface area contributed by atoms with E-state index in [0.29, 0.717) is 10.6 Å². The van der Waals surface area contributed by atoms with Crippen molar-refractivity contribution in [1.29, 1.82) is 0 Å². The highest BCUT2D eigenvalue weighted by molar-refractivity contribution is 6.31. The second kappa shape index (κ2) is 7.01. The van der Waals surface area contributed by atoms with Gasteiger partial charge in [0.05, 0.1) is 6.04 Å². The van der Waals surface area contributed by atoms with Gasteiger partial charge in [0.15, 0.2) is 0 Å². The van der Waals surface area contributed by atoms with Crippen LogP contribution in [0.5, 0.6) is 0 Å². The molecule has 0 radical (unpaired) electrons. The lowest BCUT2D eigenvalue weighted by Gasteiger charge is -2.21. The highest BCUT2D eigenvalue weighted by atomic mass is 35.5. The van der Waals surface area contributed by atoms with Crippen LogP contribution in [-0.4, -0.2) is 6.54 Å². The van der Waals surface area contributed by atoms with Crippen LogP contribution >= 0.6 is 11.6 Å². The maximum Gasteiger partial charge on any atom is 0.131 e. The molecule has 1 nitrogen and oxygen atoms in total. The van der Waals surface area contributed by atoms with E-state index in [4.69, 9.17) is 11.6 Å². The molecule has 1 atom stereocenters. The zero-order valence-corrected chi connectivity index (χ0v) is 12.8. The van der Waals surface area contributed by atoms with Gasteiger partial charge in [0.25, 0.3) is 0 Å². The van der Waals surface area contributed by atoms with Crippen LogP contribution < -0.4 is 5.32 Å². The Labute approximate surface area is 128 Å². The lowest BCUT2D eigenvalue weighted by atomic mass is 9.96. The van der Waals surface area contributed by atoms with E-state index in [0.717, 1.165) is 30.2 Å². The molecular formula is C17H18ClF2N. The molecule has 4 heteroatoms. The van der Waals surface area contributed by atoms with Crippen molar-refractivity contribution in [2.24, 2.45) is 0 Å². The van der Waals surface area contributed by atoms with Crippen molar-refractivity contribution in [2.45, 2.75) is 26.3 Å². The first-order chi connectivity index (χ1) is 10.0. The van der Waals surface area contributed by atoms with Gasteiger partial charge in [0, 0.05) is 16.7 Å². The minimum absolute atomic E-state index is 0.318. The van der Waals surface area contributed by atoms with Gasteiger partial charge in [0.2, 0.25) is 0 Å². The summed E-state index contributed by atoms with van der Waals surface area (Å²) in [6, 6.07) is 8.96. The largest absolute Gasteiger partial charge is 0.306 e. The molecule has 1 unspecified atom stereocenters. The lowest BCUT2D eigenvalue weighted by molar-refractivity contribution is 0.532. The molecule has 0 saturated carbocycles. The molecule has 0 amide bonds. The van der Waals surface area contributed by atoms with Crippen LogP contribution in [0.2, 0.25) is 5.02 Å². The molecule has 0 aromatic heterocycles. The molecule has 0 aliphatic rings. The normalized spacial score (nSPS) is 12.4. The number of benzene rings is 2. The summed E-state index contributed by atoms with van der Waals surface area (Å²) in [5, 5.41) is 3.98. The van der Waals surface area contributed by atoms with Gasteiger partial charge >= 0.3 is 0 Å². The summed E-state index contributed by atoms with van der Waals surface area (Å²) in [5.41, 5.74) is 2.28. The van der Waals surface area contributed by atoms with Crippen LogP contribution in [-0.2, 0) is 0 Å². The summed E-state index contributed by atoms with van der Waals surface area (Å²) in [5.74, 6) is -1.12. The summed E-state index contributed by atoms with van der Waals surface area (Å²) in [7, 11) is 0. The topological polar surface area (TPSA) is 12.0 Å². The first-order valence-corrected chi connectivity index (χ1v) is 7.35. The monoisotopic (exact) mass is 309 g/mol. The van der Waals surface area contributed by atoms with E-state index in [9.17, 15) is 8.78 Å². The minimum atomic E-state index is -0.572. The van der Waals surface area contributed by atoms with Gasteiger partial charge in [-0.1, -0.05) is 36.7 Å². The third-order valence-corrected chi connectivity index (χ3v) is 3.81. The number of aryl methyl sites for hydroxylation is 1. The van der Waals surface area contributed by atoms with Crippen molar-refractivity contribution in [3.8, 4) is 0 Å². The van der Waals surface area contributed by atoms with Crippen molar-refractivity contribution in [3.63, 3.8) is 0 Å². The maximum atomic E-state index is 14.1. The van der Waals surface area contributed by atoms with E-state index in [2.05, 4.69) is 5.32 Å². The Hall–Kier alpha value is -1.45. The standard InChI is InChI=1S/C17H18ClF2N/c1-3-8-21-17(12-4-7-15(18)11(2)9-12)14-6-5-13(19)10-16(14)20/h4-7,9-10,17,21H,3,8H2,1-2H3. The van der Waals surface area contributed by atoms with Gasteiger partial charge in [-0.25, -0.2) is 8.78 Å². The SMILES string of the molecule is CCCNC(c1ccc(Cl)c(C)c1)c1ccc(F)cc1F. The van der Waals surface area contributed by atoms with E-state index in [1.165, 1.54) is 12.1 Å². The van der Waals surface area contributed by atoms with Crippen LogP contribution in [0.4, 0.5) is 8.78 Å². The molecule has 21 heavy (non-hydrogen) atoms. The van der Waals surface area contributed by atoms with Crippen LogP contribution in [0.3, 0.4) is 0 Å². The molecule has 2 aromatic carbocycles. The molecular weight excluding hydrogens is 292 g/mol. The van der Waals surface area contributed by atoms with Crippen molar-refractivity contribution < 1.29 is 8.78 Å². The smallest absolute Gasteiger partial charge is 0.131 e. The third-order valence-electron chi connectivity index (χ3n) is 3.39. The maximum absolute atomic E-state index is 14.1. The zero-order chi connectivity index (χ0) is 15.4. The second-order valence-corrected chi connectivity index (χ2v) is 5.47. The Morgan fingerprint density at radius 3 is 2.52 bits per heavy atom. The van der Waals surface area contributed by atoms with Gasteiger partial charge in [0.1, 0.15) is 11.6 Å². The fourth-order valence-electron chi connectivity index (χ4n) is 2.28. The summed E-state index contributed by atoms with van der Waals surface area (Å²) in [6.07, 6.45) is 0.923. The average molecular weight is 310 g/mol. The van der Waals surface area contributed by atoms with Crippen molar-refractivity contribution >= 4 is 11.6 Å². The van der Waals surface area contributed by atoms with Crippen LogP contribution in [0.25, 0.3) is 0 Å². The first kappa shape index (κ1) is 15.9. The Balaban J connectivity index is 2.44. The molecule has 2 rings (SSSR count). The molecule has 0 heterocycles. The number of hydrogen-bond acceptors (Lipinski definition) is 1. The Bertz CT molecular complexity index is 628. The molecule has 1 N–H and O–H groups in total. The Morgan fingerprint density at radius 1 is 1.14 bits per heavy atom. The Morgan fingerprint density at radius 2 is 1.90 bits per heavy atom. The molecule has 0 bridgehead atoms. The highest BCUT2D eigenvalue weighted by Crippen LogP contribution is 2.28. The molecule has 0 fully saturated rings. The van der Waals surface area contributed by atoms with E-state index < -0.39 is 11.6 Å². The van der Waals surface area contributed by atoms with E-state index in [1.54, 1.807) is 6.07 Å². The van der Waals surface area contributed by atoms with Gasteiger partial charge < -0.3 is 5.32 Å².